The van der Waals surface area contributed by atoms with Crippen molar-refractivity contribution >= 4 is 19.6 Å². The Morgan fingerprint density at radius 3 is 2.71 bits per heavy atom. The molecular formula is C10H12N2OSe. The maximum absolute atomic E-state index is 11.7. The molecule has 1 aromatic heterocycles. The summed E-state index contributed by atoms with van der Waals surface area (Å²) in [5, 5.41) is 9.11. The third kappa shape index (κ3) is 1.61. The second-order valence-electron chi connectivity index (χ2n) is 3.23. The van der Waals surface area contributed by atoms with Crippen LogP contribution in [0.2, 0.25) is 5.82 Å². The van der Waals surface area contributed by atoms with Crippen molar-refractivity contribution in [2.75, 3.05) is 0 Å². The summed E-state index contributed by atoms with van der Waals surface area (Å²) in [5.74, 6) is 1.84. The molecule has 1 atom stereocenters. The molecule has 1 rings (SSSR count). The Morgan fingerprint density at radius 2 is 2.36 bits per heavy atom. The number of carbonyl (C=O) groups is 1. The van der Waals surface area contributed by atoms with Crippen LogP contribution in [0, 0.1) is 11.3 Å². The number of rotatable bonds is 3. The molecule has 0 saturated carbocycles. The second kappa shape index (κ2) is 4.00. The molecule has 0 aliphatic heterocycles. The third-order valence-corrected chi connectivity index (χ3v) is 3.91. The molecule has 1 unspecified atom stereocenters. The Bertz CT molecular complexity index is 391. The van der Waals surface area contributed by atoms with Gasteiger partial charge in [0, 0.05) is 0 Å². The Kier molecular flexibility index (Phi) is 3.15. The zero-order chi connectivity index (χ0) is 10.8. The van der Waals surface area contributed by atoms with Gasteiger partial charge in [0.2, 0.25) is 0 Å². The number of nitrogens with zero attached hydrogens (tertiary/aromatic N) is 2. The summed E-state index contributed by atoms with van der Waals surface area (Å²) in [5.41, 5.74) is -0.207. The summed E-state index contributed by atoms with van der Waals surface area (Å²) in [6.07, 6.45) is 1.85. The summed E-state index contributed by atoms with van der Waals surface area (Å²) in [4.78, 5) is 11.7. The van der Waals surface area contributed by atoms with Gasteiger partial charge in [0.1, 0.15) is 0 Å². The standard InChI is InChI=1S/C10H12N2OSe/c1-10(7-11,9(13)14-3)8-5-4-6-12(8)2/h4-6H,1-3H3. The summed E-state index contributed by atoms with van der Waals surface area (Å²) in [7, 11) is 1.85. The number of hydrogen-bond donors (Lipinski definition) is 0. The molecule has 1 heterocycles. The molecule has 0 N–H and O–H groups in total. The first-order valence-corrected chi connectivity index (χ1v) is 6.74. The molecule has 0 bridgehead atoms. The van der Waals surface area contributed by atoms with Crippen molar-refractivity contribution in [3.8, 4) is 6.07 Å². The molecular weight excluding hydrogens is 243 g/mol. The Hall–Kier alpha value is -1.04. The molecule has 0 aromatic carbocycles. The van der Waals surface area contributed by atoms with Crippen LogP contribution in [0.4, 0.5) is 0 Å². The van der Waals surface area contributed by atoms with E-state index in [-0.39, 0.29) is 19.6 Å². The van der Waals surface area contributed by atoms with E-state index >= 15 is 0 Å². The molecule has 3 nitrogen and oxygen atoms in total. The number of hydrogen-bond acceptors (Lipinski definition) is 2. The van der Waals surface area contributed by atoms with Gasteiger partial charge in [-0.2, -0.15) is 0 Å². The SMILES string of the molecule is C[Se]C(=O)C(C)(C#N)c1cccn1C. The molecule has 0 saturated heterocycles. The van der Waals surface area contributed by atoms with Gasteiger partial charge in [-0.15, -0.1) is 0 Å². The van der Waals surface area contributed by atoms with E-state index in [0.29, 0.717) is 0 Å². The van der Waals surface area contributed by atoms with Crippen molar-refractivity contribution in [1.82, 2.24) is 4.57 Å². The molecule has 1 aromatic rings. The maximum atomic E-state index is 11.7. The molecule has 0 spiro atoms. The molecule has 0 aliphatic carbocycles. The molecule has 0 radical (unpaired) electrons. The molecule has 14 heavy (non-hydrogen) atoms. The van der Waals surface area contributed by atoms with Gasteiger partial charge in [0.05, 0.1) is 0 Å². The van der Waals surface area contributed by atoms with Crippen LogP contribution >= 0.6 is 0 Å². The van der Waals surface area contributed by atoms with E-state index in [0.717, 1.165) is 5.69 Å². The zero-order valence-corrected chi connectivity index (χ0v) is 10.2. The first-order valence-electron chi connectivity index (χ1n) is 4.17. The summed E-state index contributed by atoms with van der Waals surface area (Å²) in [6.45, 7) is 1.69. The first-order chi connectivity index (χ1) is 6.56. The van der Waals surface area contributed by atoms with Crippen LogP contribution in [0.25, 0.3) is 0 Å². The van der Waals surface area contributed by atoms with Crippen molar-refractivity contribution in [3.05, 3.63) is 24.0 Å². The number of nitriles is 1. The minimum atomic E-state index is -0.979. The van der Waals surface area contributed by atoms with Crippen LogP contribution in [-0.4, -0.2) is 24.2 Å². The Labute approximate surface area is 89.9 Å². The van der Waals surface area contributed by atoms with Crippen molar-refractivity contribution in [2.45, 2.75) is 18.2 Å². The van der Waals surface area contributed by atoms with E-state index in [9.17, 15) is 4.79 Å². The summed E-state index contributed by atoms with van der Waals surface area (Å²) >= 11 is -0.144. The summed E-state index contributed by atoms with van der Waals surface area (Å²) < 4.78 is 1.85. The van der Waals surface area contributed by atoms with Crippen LogP contribution < -0.4 is 0 Å². The van der Waals surface area contributed by atoms with Gasteiger partial charge in [-0.3, -0.25) is 0 Å². The van der Waals surface area contributed by atoms with Gasteiger partial charge >= 0.3 is 89.6 Å². The second-order valence-corrected chi connectivity index (χ2v) is 4.87. The minimum absolute atomic E-state index is 0.0225. The van der Waals surface area contributed by atoms with Gasteiger partial charge < -0.3 is 0 Å². The van der Waals surface area contributed by atoms with Gasteiger partial charge in [0.15, 0.2) is 0 Å². The topological polar surface area (TPSA) is 45.8 Å². The predicted octanol–water partition coefficient (Wildman–Crippen LogP) is 1.09. The number of carbonyl (C=O) groups excluding carboxylic acids is 1. The van der Waals surface area contributed by atoms with E-state index in [2.05, 4.69) is 6.07 Å². The average Bonchev–Trinajstić information content (AvgIpc) is 2.62. The fraction of sp³-hybridized carbons (Fsp3) is 0.400. The van der Waals surface area contributed by atoms with Gasteiger partial charge in [-0.05, 0) is 0 Å². The monoisotopic (exact) mass is 256 g/mol. The number of aryl methyl sites for hydroxylation is 1. The van der Waals surface area contributed by atoms with E-state index < -0.39 is 5.41 Å². The van der Waals surface area contributed by atoms with Gasteiger partial charge in [-0.25, -0.2) is 0 Å². The van der Waals surface area contributed by atoms with Gasteiger partial charge in [0.25, 0.3) is 0 Å². The van der Waals surface area contributed by atoms with E-state index in [1.54, 1.807) is 6.92 Å². The molecule has 4 heteroatoms. The molecule has 0 fully saturated rings. The van der Waals surface area contributed by atoms with Crippen LogP contribution in [0.3, 0.4) is 0 Å². The first kappa shape index (κ1) is 11.0. The number of aromatic nitrogens is 1. The Morgan fingerprint density at radius 1 is 1.71 bits per heavy atom. The third-order valence-electron chi connectivity index (χ3n) is 2.27. The van der Waals surface area contributed by atoms with E-state index in [4.69, 9.17) is 5.26 Å². The van der Waals surface area contributed by atoms with Crippen LogP contribution in [-0.2, 0) is 17.3 Å². The molecule has 0 aliphatic rings. The van der Waals surface area contributed by atoms with E-state index in [1.807, 2.05) is 35.8 Å². The quantitative estimate of drug-likeness (QED) is 0.759. The van der Waals surface area contributed by atoms with E-state index in [1.165, 1.54) is 0 Å². The van der Waals surface area contributed by atoms with Crippen LogP contribution in [0.1, 0.15) is 12.6 Å². The van der Waals surface area contributed by atoms with Crippen molar-refractivity contribution < 1.29 is 4.79 Å². The predicted molar refractivity (Wildman–Crippen MR) is 55.0 cm³/mol. The van der Waals surface area contributed by atoms with Crippen molar-refractivity contribution in [1.29, 1.82) is 5.26 Å². The van der Waals surface area contributed by atoms with Crippen LogP contribution in [0.5, 0.6) is 0 Å². The van der Waals surface area contributed by atoms with Crippen LogP contribution in [0.15, 0.2) is 18.3 Å². The Balaban J connectivity index is 3.23. The fourth-order valence-corrected chi connectivity index (χ4v) is 2.56. The van der Waals surface area contributed by atoms with Crippen molar-refractivity contribution in [3.63, 3.8) is 0 Å². The van der Waals surface area contributed by atoms with Gasteiger partial charge in [-0.1, -0.05) is 0 Å². The fourth-order valence-electron chi connectivity index (χ4n) is 1.39. The molecule has 74 valence electrons. The molecule has 0 amide bonds. The zero-order valence-electron chi connectivity index (χ0n) is 8.44. The average molecular weight is 255 g/mol. The summed E-state index contributed by atoms with van der Waals surface area (Å²) in [6, 6.07) is 5.79. The van der Waals surface area contributed by atoms with Crippen molar-refractivity contribution in [2.24, 2.45) is 7.05 Å². The normalized spacial score (nSPS) is 14.4.